The first-order valence-electron chi connectivity index (χ1n) is 10.8. The summed E-state index contributed by atoms with van der Waals surface area (Å²) in [5.74, 6) is -0.767. The number of nitrogens with one attached hydrogen (secondary N) is 2. The lowest BCUT2D eigenvalue weighted by atomic mass is 10.1. The van der Waals surface area contributed by atoms with Gasteiger partial charge in [-0.3, -0.25) is 24.4 Å². The second-order valence-electron chi connectivity index (χ2n) is 7.93. The first kappa shape index (κ1) is 23.2. The molecule has 3 amide bonds. The molecule has 3 aromatic heterocycles. The first-order chi connectivity index (χ1) is 17.4. The molecule has 0 fully saturated rings. The van der Waals surface area contributed by atoms with Crippen molar-refractivity contribution in [2.75, 3.05) is 15.5 Å². The van der Waals surface area contributed by atoms with Gasteiger partial charge in [-0.05, 0) is 42.0 Å². The molecule has 0 spiro atoms. The van der Waals surface area contributed by atoms with Crippen molar-refractivity contribution in [3.63, 3.8) is 0 Å². The van der Waals surface area contributed by atoms with E-state index in [0.717, 1.165) is 6.07 Å². The summed E-state index contributed by atoms with van der Waals surface area (Å²) in [5.41, 5.74) is 0.597. The summed E-state index contributed by atoms with van der Waals surface area (Å²) in [7, 11) is 0. The number of nitrogens with zero attached hydrogens (tertiary/aromatic N) is 4. The minimum Gasteiger partial charge on any atom is -0.322 e. The number of carbonyl (C=O) groups is 2. The van der Waals surface area contributed by atoms with Crippen LogP contribution in [0, 0.1) is 5.82 Å². The van der Waals surface area contributed by atoms with Crippen LogP contribution in [0.4, 0.5) is 26.5 Å². The molecule has 1 aromatic carbocycles. The van der Waals surface area contributed by atoms with Crippen LogP contribution in [0.5, 0.6) is 0 Å². The highest BCUT2D eigenvalue weighted by Gasteiger charge is 2.40. The van der Waals surface area contributed by atoms with Crippen molar-refractivity contribution < 1.29 is 14.0 Å². The van der Waals surface area contributed by atoms with Crippen molar-refractivity contribution in [3.05, 3.63) is 106 Å². The number of halogens is 2. The number of urea groups is 1. The number of hydrogen-bond acceptors (Lipinski definition) is 5. The van der Waals surface area contributed by atoms with Crippen molar-refractivity contribution in [3.8, 4) is 5.69 Å². The third-order valence-corrected chi connectivity index (χ3v) is 5.84. The summed E-state index contributed by atoms with van der Waals surface area (Å²) < 4.78 is 16.2. The molecule has 0 saturated carbocycles. The van der Waals surface area contributed by atoms with E-state index in [1.165, 1.54) is 52.3 Å². The average molecular weight is 505 g/mol. The topological polar surface area (TPSA) is 109 Å². The molecule has 180 valence electrons. The molecule has 2 N–H and O–H groups in total. The molecule has 1 aliphatic heterocycles. The Morgan fingerprint density at radius 1 is 1.03 bits per heavy atom. The zero-order chi connectivity index (χ0) is 25.2. The van der Waals surface area contributed by atoms with Crippen LogP contribution in [0.2, 0.25) is 5.02 Å². The summed E-state index contributed by atoms with van der Waals surface area (Å²) in [6.45, 7) is 0. The molecule has 1 aliphatic rings. The van der Waals surface area contributed by atoms with Crippen molar-refractivity contribution in [2.45, 2.75) is 12.5 Å². The third-order valence-electron chi connectivity index (χ3n) is 5.62. The summed E-state index contributed by atoms with van der Waals surface area (Å²) in [5, 5.41) is 5.59. The molecule has 4 heterocycles. The molecule has 0 radical (unpaired) electrons. The van der Waals surface area contributed by atoms with Crippen LogP contribution in [-0.4, -0.2) is 32.5 Å². The number of aromatic nitrogens is 3. The average Bonchev–Trinajstić information content (AvgIpc) is 3.27. The number of rotatable bonds is 4. The molecule has 0 saturated heterocycles. The predicted molar refractivity (Wildman–Crippen MR) is 133 cm³/mol. The van der Waals surface area contributed by atoms with E-state index in [1.807, 2.05) is 0 Å². The summed E-state index contributed by atoms with van der Waals surface area (Å²) in [6, 6.07) is 13.6. The van der Waals surface area contributed by atoms with Gasteiger partial charge in [-0.2, -0.15) is 0 Å². The number of benzene rings is 1. The van der Waals surface area contributed by atoms with E-state index in [-0.39, 0.29) is 23.5 Å². The van der Waals surface area contributed by atoms with Gasteiger partial charge in [-0.1, -0.05) is 23.7 Å². The van der Waals surface area contributed by atoms with Crippen LogP contribution in [0.15, 0.2) is 84.0 Å². The van der Waals surface area contributed by atoms with Crippen molar-refractivity contribution in [2.24, 2.45) is 0 Å². The Hall–Kier alpha value is -4.57. The molecule has 0 bridgehead atoms. The Morgan fingerprint density at radius 3 is 2.64 bits per heavy atom. The molecule has 11 heteroatoms. The Labute approximate surface area is 209 Å². The smallest absolute Gasteiger partial charge is 0.322 e. The SMILES string of the molecule is O=C(Nc1ccc(-n2ccccc2=O)cc1F)[C@@H]1Cc2cccnc2N1C(=O)Nc1ccc(Cl)cn1. The first-order valence-corrected chi connectivity index (χ1v) is 11.2. The van der Waals surface area contributed by atoms with Crippen LogP contribution in [0.3, 0.4) is 0 Å². The van der Waals surface area contributed by atoms with Crippen molar-refractivity contribution >= 4 is 40.9 Å². The lowest BCUT2D eigenvalue weighted by Crippen LogP contribution is -2.47. The van der Waals surface area contributed by atoms with Gasteiger partial charge in [0.2, 0.25) is 5.91 Å². The minimum absolute atomic E-state index is 0.0867. The number of amides is 3. The van der Waals surface area contributed by atoms with E-state index in [4.69, 9.17) is 11.6 Å². The van der Waals surface area contributed by atoms with E-state index < -0.39 is 23.8 Å². The number of pyridine rings is 3. The standard InChI is InChI=1S/C25H18ClFN6O3/c26-16-6-9-21(29-14-16)31-25(36)33-20(12-15-4-3-10-28-23(15)33)24(35)30-19-8-7-17(13-18(19)27)32-11-2-1-5-22(32)34/h1-11,13-14,20H,12H2,(H,30,35)(H,29,31,36)/t20-/m0/s1. The fourth-order valence-corrected chi connectivity index (χ4v) is 4.04. The third kappa shape index (κ3) is 4.53. The maximum absolute atomic E-state index is 14.9. The fourth-order valence-electron chi connectivity index (χ4n) is 3.93. The molecule has 0 unspecified atom stereocenters. The van der Waals surface area contributed by atoms with Gasteiger partial charge in [0.25, 0.3) is 5.56 Å². The number of fused-ring (bicyclic) bond motifs is 1. The van der Waals surface area contributed by atoms with Crippen molar-refractivity contribution in [1.82, 2.24) is 14.5 Å². The zero-order valence-electron chi connectivity index (χ0n) is 18.6. The summed E-state index contributed by atoms with van der Waals surface area (Å²) in [6.07, 6.45) is 4.61. The second kappa shape index (κ2) is 9.59. The fraction of sp³-hybridized carbons (Fsp3) is 0.0800. The normalized spacial score (nSPS) is 14.3. The maximum atomic E-state index is 14.9. The van der Waals surface area contributed by atoms with E-state index in [0.29, 0.717) is 22.1 Å². The van der Waals surface area contributed by atoms with Crippen LogP contribution >= 0.6 is 11.6 Å². The molecule has 9 nitrogen and oxygen atoms in total. The number of anilines is 3. The van der Waals surface area contributed by atoms with E-state index in [2.05, 4.69) is 20.6 Å². The largest absolute Gasteiger partial charge is 0.329 e. The van der Waals surface area contributed by atoms with E-state index in [1.54, 1.807) is 30.3 Å². The number of hydrogen-bond donors (Lipinski definition) is 2. The van der Waals surface area contributed by atoms with Gasteiger partial charge in [0, 0.05) is 37.1 Å². The van der Waals surface area contributed by atoms with Gasteiger partial charge in [-0.25, -0.2) is 19.2 Å². The number of carbonyl (C=O) groups excluding carboxylic acids is 2. The highest BCUT2D eigenvalue weighted by molar-refractivity contribution is 6.30. The molecule has 1 atom stereocenters. The van der Waals surface area contributed by atoms with Crippen LogP contribution in [0.25, 0.3) is 5.69 Å². The quantitative estimate of drug-likeness (QED) is 0.436. The highest BCUT2D eigenvalue weighted by atomic mass is 35.5. The zero-order valence-corrected chi connectivity index (χ0v) is 19.3. The Bertz CT molecular complexity index is 1520. The van der Waals surface area contributed by atoms with Crippen molar-refractivity contribution in [1.29, 1.82) is 0 Å². The Balaban J connectivity index is 1.39. The molecular weight excluding hydrogens is 487 g/mol. The van der Waals surface area contributed by atoms with Gasteiger partial charge in [0.15, 0.2) is 0 Å². The van der Waals surface area contributed by atoms with Gasteiger partial charge >= 0.3 is 6.03 Å². The van der Waals surface area contributed by atoms with Crippen LogP contribution < -0.4 is 21.1 Å². The van der Waals surface area contributed by atoms with E-state index >= 15 is 0 Å². The van der Waals surface area contributed by atoms with Gasteiger partial charge in [0.1, 0.15) is 23.5 Å². The summed E-state index contributed by atoms with van der Waals surface area (Å²) >= 11 is 5.85. The Morgan fingerprint density at radius 2 is 1.89 bits per heavy atom. The molecule has 36 heavy (non-hydrogen) atoms. The van der Waals surface area contributed by atoms with E-state index in [9.17, 15) is 18.8 Å². The molecular formula is C25H18ClFN6O3. The van der Waals surface area contributed by atoms with Crippen LogP contribution in [-0.2, 0) is 11.2 Å². The monoisotopic (exact) mass is 504 g/mol. The highest BCUT2D eigenvalue weighted by Crippen LogP contribution is 2.31. The second-order valence-corrected chi connectivity index (χ2v) is 8.37. The molecule has 0 aliphatic carbocycles. The summed E-state index contributed by atoms with van der Waals surface area (Å²) in [4.78, 5) is 48.0. The maximum Gasteiger partial charge on any atom is 0.329 e. The minimum atomic E-state index is -0.988. The lowest BCUT2D eigenvalue weighted by molar-refractivity contribution is -0.117. The predicted octanol–water partition coefficient (Wildman–Crippen LogP) is 4.02. The van der Waals surface area contributed by atoms with Gasteiger partial charge in [0.05, 0.1) is 16.4 Å². The van der Waals surface area contributed by atoms with Gasteiger partial charge in [-0.15, -0.1) is 0 Å². The lowest BCUT2D eigenvalue weighted by Gasteiger charge is -2.24. The van der Waals surface area contributed by atoms with Crippen LogP contribution in [0.1, 0.15) is 5.56 Å². The molecule has 4 aromatic rings. The van der Waals surface area contributed by atoms with Gasteiger partial charge < -0.3 is 5.32 Å². The molecule has 5 rings (SSSR count). The Kier molecular flexibility index (Phi) is 6.17.